The van der Waals surface area contributed by atoms with Gasteiger partial charge in [0.2, 0.25) is 0 Å². The molecule has 2 saturated heterocycles. The average Bonchev–Trinajstić information content (AvgIpc) is 3.35. The molecule has 2 aliphatic rings. The van der Waals surface area contributed by atoms with Crippen molar-refractivity contribution in [2.45, 2.75) is 57.0 Å². The fourth-order valence-corrected chi connectivity index (χ4v) is 4.88. The fourth-order valence-electron chi connectivity index (χ4n) is 4.88. The van der Waals surface area contributed by atoms with Gasteiger partial charge >= 0.3 is 0 Å². The minimum Gasteiger partial charge on any atom is -0.441 e. The summed E-state index contributed by atoms with van der Waals surface area (Å²) in [4.78, 5) is 7.01. The largest absolute Gasteiger partial charge is 0.441 e. The van der Waals surface area contributed by atoms with Gasteiger partial charge in [-0.15, -0.1) is 0 Å². The van der Waals surface area contributed by atoms with Gasteiger partial charge in [-0.1, -0.05) is 31.0 Å². The molecule has 3 heterocycles. The van der Waals surface area contributed by atoms with Crippen molar-refractivity contribution in [1.29, 1.82) is 5.26 Å². The van der Waals surface area contributed by atoms with Crippen molar-refractivity contribution in [2.24, 2.45) is 0 Å². The van der Waals surface area contributed by atoms with Gasteiger partial charge in [0.05, 0.1) is 24.8 Å². The molecule has 0 saturated carbocycles. The van der Waals surface area contributed by atoms with E-state index in [9.17, 15) is 5.11 Å². The van der Waals surface area contributed by atoms with Crippen molar-refractivity contribution in [3.63, 3.8) is 0 Å². The van der Waals surface area contributed by atoms with Crippen LogP contribution in [0.2, 0.25) is 0 Å². The first kappa shape index (κ1) is 25.3. The van der Waals surface area contributed by atoms with E-state index in [1.54, 1.807) is 0 Å². The number of nitrogens with one attached hydrogen (secondary N) is 1. The Bertz CT molecular complexity index is 1100. The quantitative estimate of drug-likeness (QED) is 0.496. The molecule has 0 bridgehead atoms. The second kappa shape index (κ2) is 12.8. The summed E-state index contributed by atoms with van der Waals surface area (Å²) in [5.74, 6) is 0.740. The van der Waals surface area contributed by atoms with E-state index in [0.29, 0.717) is 18.2 Å². The Labute approximate surface area is 207 Å². The smallest absolute Gasteiger partial charge is 0.196 e. The maximum atomic E-state index is 9.55. The van der Waals surface area contributed by atoms with Crippen LogP contribution in [0.1, 0.15) is 50.0 Å². The highest BCUT2D eigenvalue weighted by atomic mass is 16.3. The van der Waals surface area contributed by atoms with Gasteiger partial charge in [0.25, 0.3) is 0 Å². The van der Waals surface area contributed by atoms with Crippen molar-refractivity contribution in [1.82, 2.24) is 15.2 Å². The van der Waals surface area contributed by atoms with Gasteiger partial charge in [-0.05, 0) is 74.2 Å². The summed E-state index contributed by atoms with van der Waals surface area (Å²) in [6, 6.07) is 16.4. The Hall–Kier alpha value is -2.76. The lowest BCUT2D eigenvalue weighted by atomic mass is 10.0. The van der Waals surface area contributed by atoms with Crippen molar-refractivity contribution in [2.75, 3.05) is 32.8 Å². The van der Waals surface area contributed by atoms with E-state index >= 15 is 0 Å². The Balaban J connectivity index is 0.000000308. The van der Waals surface area contributed by atoms with Crippen LogP contribution in [0, 0.1) is 11.3 Å². The molecule has 7 heteroatoms. The van der Waals surface area contributed by atoms with Crippen LogP contribution in [-0.4, -0.2) is 65.0 Å². The second-order valence-corrected chi connectivity index (χ2v) is 9.43. The van der Waals surface area contributed by atoms with Gasteiger partial charge in [0, 0.05) is 25.0 Å². The number of aromatic nitrogens is 1. The molecular weight excluding hydrogens is 440 g/mol. The van der Waals surface area contributed by atoms with Crippen LogP contribution >= 0.6 is 0 Å². The van der Waals surface area contributed by atoms with Crippen LogP contribution < -0.4 is 5.32 Å². The molecule has 2 aromatic carbocycles. The maximum absolute atomic E-state index is 9.55. The Morgan fingerprint density at radius 2 is 1.80 bits per heavy atom. The molecule has 0 aliphatic carbocycles. The van der Waals surface area contributed by atoms with Crippen molar-refractivity contribution >= 4 is 11.1 Å². The number of nitriles is 1. The maximum Gasteiger partial charge on any atom is 0.196 e. The first-order valence-corrected chi connectivity index (χ1v) is 12.8. The molecule has 0 spiro atoms. The third kappa shape index (κ3) is 6.89. The van der Waals surface area contributed by atoms with Crippen LogP contribution in [0.5, 0.6) is 0 Å². The molecule has 5 rings (SSSR count). The van der Waals surface area contributed by atoms with E-state index in [1.165, 1.54) is 25.7 Å². The minimum absolute atomic E-state index is 0.224. The number of fused-ring (bicyclic) bond motifs is 1. The summed E-state index contributed by atoms with van der Waals surface area (Å²) < 4.78 is 5.91. The zero-order valence-electron chi connectivity index (χ0n) is 20.3. The molecular formula is C28H36N4O3. The van der Waals surface area contributed by atoms with Gasteiger partial charge in [-0.3, -0.25) is 4.90 Å². The molecule has 0 radical (unpaired) electrons. The number of nitrogens with zero attached hydrogens (tertiary/aromatic N) is 3. The molecule has 2 unspecified atom stereocenters. The summed E-state index contributed by atoms with van der Waals surface area (Å²) in [6.45, 7) is 3.52. The summed E-state index contributed by atoms with van der Waals surface area (Å²) in [6.07, 6.45) is 7.90. The highest BCUT2D eigenvalue weighted by Crippen LogP contribution is 2.26. The molecule has 7 nitrogen and oxygen atoms in total. The number of oxazole rings is 1. The molecule has 1 aromatic heterocycles. The monoisotopic (exact) mass is 476 g/mol. The lowest BCUT2D eigenvalue weighted by Gasteiger charge is -2.34. The Morgan fingerprint density at radius 3 is 2.49 bits per heavy atom. The van der Waals surface area contributed by atoms with Crippen LogP contribution in [0.25, 0.3) is 22.2 Å². The predicted molar refractivity (Wildman–Crippen MR) is 137 cm³/mol. The zero-order chi connectivity index (χ0) is 24.5. The van der Waals surface area contributed by atoms with E-state index in [4.69, 9.17) is 14.8 Å². The van der Waals surface area contributed by atoms with E-state index < -0.39 is 0 Å². The first-order chi connectivity index (χ1) is 17.2. The third-order valence-electron chi connectivity index (χ3n) is 6.98. The highest BCUT2D eigenvalue weighted by Gasteiger charge is 2.21. The number of piperidine rings is 2. The molecule has 2 atom stereocenters. The molecule has 2 aliphatic heterocycles. The number of hydrogen-bond acceptors (Lipinski definition) is 7. The van der Waals surface area contributed by atoms with Gasteiger partial charge in [-0.25, -0.2) is 4.98 Å². The molecule has 0 amide bonds. The van der Waals surface area contributed by atoms with Gasteiger partial charge in [-0.2, -0.15) is 5.26 Å². The molecule has 2 fully saturated rings. The standard InChI is InChI=1S/C22H23N3O2.C6H13NO/c23-14-16-4-6-17(7-5-16)18-8-9-21-20(13-18)24-22(27-21)10-12-25-11-2-1-3-19(25)15-26;8-5-6-3-1-2-4-7-6/h4-9,13,19,26H,1-3,10-12,15H2;6-8H,1-5H2. The number of aliphatic hydroxyl groups is 2. The fraction of sp³-hybridized carbons (Fsp3) is 0.500. The van der Waals surface area contributed by atoms with Gasteiger partial charge < -0.3 is 19.9 Å². The lowest BCUT2D eigenvalue weighted by Crippen LogP contribution is -2.42. The first-order valence-electron chi connectivity index (χ1n) is 12.8. The van der Waals surface area contributed by atoms with Crippen molar-refractivity contribution < 1.29 is 14.6 Å². The van der Waals surface area contributed by atoms with E-state index in [1.807, 2.05) is 42.5 Å². The summed E-state index contributed by atoms with van der Waals surface area (Å²) in [5.41, 5.74) is 4.41. The summed E-state index contributed by atoms with van der Waals surface area (Å²) in [5, 5.41) is 30.3. The van der Waals surface area contributed by atoms with Crippen LogP contribution in [0.4, 0.5) is 0 Å². The Morgan fingerprint density at radius 1 is 1.00 bits per heavy atom. The normalized spacial score (nSPS) is 20.7. The van der Waals surface area contributed by atoms with E-state index in [0.717, 1.165) is 67.0 Å². The number of hydrogen-bond donors (Lipinski definition) is 3. The lowest BCUT2D eigenvalue weighted by molar-refractivity contribution is 0.0899. The second-order valence-electron chi connectivity index (χ2n) is 9.43. The topological polar surface area (TPSA) is 106 Å². The number of benzene rings is 2. The SMILES string of the molecule is N#Cc1ccc(-c2ccc3oc(CCN4CCCCC4CO)nc3c2)cc1.OCC1CCCCN1. The zero-order valence-corrected chi connectivity index (χ0v) is 20.3. The van der Waals surface area contributed by atoms with Crippen molar-refractivity contribution in [3.05, 3.63) is 53.9 Å². The van der Waals surface area contributed by atoms with Crippen LogP contribution in [0.15, 0.2) is 46.9 Å². The van der Waals surface area contributed by atoms with Crippen molar-refractivity contribution in [3.8, 4) is 17.2 Å². The van der Waals surface area contributed by atoms with E-state index in [-0.39, 0.29) is 12.6 Å². The summed E-state index contributed by atoms with van der Waals surface area (Å²) in [7, 11) is 0. The van der Waals surface area contributed by atoms with Gasteiger partial charge in [0.15, 0.2) is 11.5 Å². The Kier molecular flexibility index (Phi) is 9.27. The average molecular weight is 477 g/mol. The number of rotatable bonds is 6. The molecule has 35 heavy (non-hydrogen) atoms. The minimum atomic E-state index is 0.224. The predicted octanol–water partition coefficient (Wildman–Crippen LogP) is 3.88. The number of likely N-dealkylation sites (tertiary alicyclic amines) is 1. The molecule has 3 aromatic rings. The van der Waals surface area contributed by atoms with Crippen LogP contribution in [0.3, 0.4) is 0 Å². The summed E-state index contributed by atoms with van der Waals surface area (Å²) >= 11 is 0. The third-order valence-corrected chi connectivity index (χ3v) is 6.98. The highest BCUT2D eigenvalue weighted by molar-refractivity contribution is 5.80. The van der Waals surface area contributed by atoms with Gasteiger partial charge in [0.1, 0.15) is 5.52 Å². The molecule has 3 N–H and O–H groups in total. The molecule has 186 valence electrons. The van der Waals surface area contributed by atoms with E-state index in [2.05, 4.69) is 21.3 Å². The number of aliphatic hydroxyl groups excluding tert-OH is 2. The van der Waals surface area contributed by atoms with Crippen LogP contribution in [-0.2, 0) is 6.42 Å².